The molecule has 0 aliphatic carbocycles. The highest BCUT2D eigenvalue weighted by Crippen LogP contribution is 1.84. The van der Waals surface area contributed by atoms with Gasteiger partial charge >= 0.3 is 6.03 Å². The van der Waals surface area contributed by atoms with E-state index in [-0.39, 0.29) is 0 Å². The van der Waals surface area contributed by atoms with Crippen molar-refractivity contribution in [3.63, 3.8) is 0 Å². The molecular formula is C10H7N3O3. The molecule has 0 saturated carbocycles. The van der Waals surface area contributed by atoms with Crippen LogP contribution in [0.2, 0.25) is 0 Å². The van der Waals surface area contributed by atoms with Crippen LogP contribution in [0.5, 0.6) is 0 Å². The van der Waals surface area contributed by atoms with E-state index in [9.17, 15) is 4.79 Å². The van der Waals surface area contributed by atoms with Gasteiger partial charge in [-0.15, -0.1) is 0 Å². The lowest BCUT2D eigenvalue weighted by Crippen LogP contribution is -2.19. The number of urea groups is 1. The summed E-state index contributed by atoms with van der Waals surface area (Å²) in [7, 11) is 0. The molecule has 2 amide bonds. The zero-order valence-electron chi connectivity index (χ0n) is 8.11. The molecular weight excluding hydrogens is 210 g/mol. The van der Waals surface area contributed by atoms with Crippen LogP contribution in [0.4, 0.5) is 4.79 Å². The first-order valence-corrected chi connectivity index (χ1v) is 4.44. The summed E-state index contributed by atoms with van der Waals surface area (Å²) in [5, 5.41) is 4.59. The summed E-state index contributed by atoms with van der Waals surface area (Å²) >= 11 is 0. The molecule has 2 heterocycles. The van der Waals surface area contributed by atoms with Crippen LogP contribution in [0.15, 0.2) is 51.7 Å². The van der Waals surface area contributed by atoms with E-state index in [1.54, 1.807) is 18.2 Å². The monoisotopic (exact) mass is 217 g/mol. The maximum absolute atomic E-state index is 10.6. The quantitative estimate of drug-likeness (QED) is 0.594. The van der Waals surface area contributed by atoms with Crippen LogP contribution in [-0.2, 0) is 9.88 Å². The smallest absolute Gasteiger partial charge is 0.275 e. The molecule has 0 spiro atoms. The number of hydrogen-bond acceptors (Lipinski definition) is 4. The van der Waals surface area contributed by atoms with Crippen molar-refractivity contribution in [2.45, 2.75) is 0 Å². The van der Waals surface area contributed by atoms with Gasteiger partial charge in [0, 0.05) is 0 Å². The normalized spacial score (nSPS) is 14.6. The standard InChI is InChI=1S/C7H4N2O.C3H3NO2/c10-7-8-5-3-1-2-4-6(5)9-7;1-2-4-6-5-3-1/h1-4H;1-3H. The zero-order valence-corrected chi connectivity index (χ0v) is 8.11. The Kier molecular flexibility index (Phi) is 3.03. The molecule has 0 aromatic heterocycles. The number of rotatable bonds is 0. The van der Waals surface area contributed by atoms with Gasteiger partial charge in [-0.3, -0.25) is 4.89 Å². The number of amides is 2. The molecule has 0 fully saturated rings. The average molecular weight is 217 g/mol. The zero-order chi connectivity index (χ0) is 11.2. The van der Waals surface area contributed by atoms with E-state index in [2.05, 4.69) is 25.0 Å². The molecule has 3 rings (SSSR count). The summed E-state index contributed by atoms with van der Waals surface area (Å²) in [6.45, 7) is 0. The maximum Gasteiger partial charge on any atom is 0.368 e. The molecule has 1 aromatic rings. The first kappa shape index (κ1) is 10.0. The lowest BCUT2D eigenvalue weighted by Gasteiger charge is -1.92. The van der Waals surface area contributed by atoms with Crippen molar-refractivity contribution in [3.8, 4) is 0 Å². The number of nitrogens with zero attached hydrogens (tertiary/aromatic N) is 3. The molecule has 16 heavy (non-hydrogen) atoms. The third-order valence-electron chi connectivity index (χ3n) is 1.68. The van der Waals surface area contributed by atoms with Crippen molar-refractivity contribution in [2.75, 3.05) is 0 Å². The Labute approximate surface area is 90.2 Å². The number of fused-ring (bicyclic) bond motifs is 1. The highest BCUT2D eigenvalue weighted by molar-refractivity contribution is 5.77. The highest BCUT2D eigenvalue weighted by atomic mass is 17.3. The molecule has 1 aromatic carbocycles. The summed E-state index contributed by atoms with van der Waals surface area (Å²) in [6.07, 6.45) is 4.51. The minimum Gasteiger partial charge on any atom is -0.275 e. The Bertz CT molecular complexity index is 514. The van der Waals surface area contributed by atoms with Crippen molar-refractivity contribution < 1.29 is 14.7 Å². The fraction of sp³-hybridized carbons (Fsp3) is 0. The molecule has 2 aliphatic rings. The van der Waals surface area contributed by atoms with Crippen molar-refractivity contribution >= 4 is 12.2 Å². The summed E-state index contributed by atoms with van der Waals surface area (Å²) in [5.74, 6) is 0. The third-order valence-corrected chi connectivity index (χ3v) is 1.68. The second-order valence-corrected chi connectivity index (χ2v) is 2.75. The Balaban J connectivity index is 0.000000138. The number of oxime groups is 1. The minimum absolute atomic E-state index is 0.402. The van der Waals surface area contributed by atoms with Gasteiger partial charge in [-0.05, 0) is 23.4 Å². The molecule has 2 aliphatic heterocycles. The summed E-state index contributed by atoms with van der Waals surface area (Å²) in [5.41, 5.74) is 0. The number of para-hydroxylation sites is 2. The van der Waals surface area contributed by atoms with Crippen molar-refractivity contribution in [1.82, 2.24) is 0 Å². The van der Waals surface area contributed by atoms with Crippen molar-refractivity contribution in [3.05, 3.63) is 47.3 Å². The topological polar surface area (TPSA) is 72.6 Å². The maximum atomic E-state index is 10.6. The van der Waals surface area contributed by atoms with Gasteiger partial charge in [-0.2, -0.15) is 15.0 Å². The van der Waals surface area contributed by atoms with Crippen molar-refractivity contribution in [2.24, 2.45) is 15.1 Å². The Morgan fingerprint density at radius 3 is 2.12 bits per heavy atom. The Hall–Kier alpha value is -2.50. The van der Waals surface area contributed by atoms with Crippen LogP contribution in [-0.4, -0.2) is 12.2 Å². The van der Waals surface area contributed by atoms with Crippen LogP contribution in [0.1, 0.15) is 0 Å². The second-order valence-electron chi connectivity index (χ2n) is 2.75. The molecule has 0 bridgehead atoms. The molecule has 80 valence electrons. The molecule has 0 atom stereocenters. The van der Waals surface area contributed by atoms with Crippen LogP contribution in [0.3, 0.4) is 0 Å². The van der Waals surface area contributed by atoms with Gasteiger partial charge in [-0.25, -0.2) is 4.79 Å². The summed E-state index contributed by atoms with van der Waals surface area (Å²) in [6, 6.07) is 6.79. The lowest BCUT2D eigenvalue weighted by molar-refractivity contribution is -0.251. The van der Waals surface area contributed by atoms with E-state index in [1.807, 2.05) is 12.1 Å². The number of hydrogen-bond donors (Lipinski definition) is 0. The van der Waals surface area contributed by atoms with Gasteiger partial charge in [-0.1, -0.05) is 12.1 Å². The van der Waals surface area contributed by atoms with Gasteiger partial charge in [0.15, 0.2) is 0 Å². The molecule has 6 heteroatoms. The van der Waals surface area contributed by atoms with Gasteiger partial charge in [0.2, 0.25) is 0 Å². The number of carbonyl (C=O) groups is 1. The number of benzene rings is 1. The average Bonchev–Trinajstić information content (AvgIpc) is 2.72. The van der Waals surface area contributed by atoms with E-state index in [1.165, 1.54) is 12.5 Å². The summed E-state index contributed by atoms with van der Waals surface area (Å²) < 4.78 is 0. The van der Waals surface area contributed by atoms with E-state index in [4.69, 9.17) is 0 Å². The van der Waals surface area contributed by atoms with E-state index >= 15 is 0 Å². The fourth-order valence-electron chi connectivity index (χ4n) is 1.06. The molecule has 0 radical (unpaired) electrons. The SMILES string of the molecule is C1=COON=C1.O=C1N=c2ccccc2=N1. The number of carbonyl (C=O) groups excluding carboxylic acids is 1. The molecule has 0 saturated heterocycles. The van der Waals surface area contributed by atoms with Crippen LogP contribution < -0.4 is 10.7 Å². The van der Waals surface area contributed by atoms with Gasteiger partial charge in [0.1, 0.15) is 6.26 Å². The Morgan fingerprint density at radius 1 is 1.06 bits per heavy atom. The van der Waals surface area contributed by atoms with Gasteiger partial charge < -0.3 is 0 Å². The fourth-order valence-corrected chi connectivity index (χ4v) is 1.06. The molecule has 0 N–H and O–H groups in total. The van der Waals surface area contributed by atoms with Crippen LogP contribution >= 0.6 is 0 Å². The van der Waals surface area contributed by atoms with Gasteiger partial charge in [0.05, 0.1) is 16.9 Å². The van der Waals surface area contributed by atoms with Gasteiger partial charge in [0.25, 0.3) is 0 Å². The summed E-state index contributed by atoms with van der Waals surface area (Å²) in [4.78, 5) is 26.1. The predicted octanol–water partition coefficient (Wildman–Crippen LogP) is 0.507. The lowest BCUT2D eigenvalue weighted by atomic mass is 10.3. The second kappa shape index (κ2) is 4.83. The first-order chi connectivity index (χ1) is 7.86. The van der Waals surface area contributed by atoms with Crippen LogP contribution in [0, 0.1) is 0 Å². The van der Waals surface area contributed by atoms with E-state index < -0.39 is 6.03 Å². The molecule has 0 unspecified atom stereocenters. The first-order valence-electron chi connectivity index (χ1n) is 4.44. The minimum atomic E-state index is -0.402. The highest BCUT2D eigenvalue weighted by Gasteiger charge is 2.01. The van der Waals surface area contributed by atoms with Crippen LogP contribution in [0.25, 0.3) is 0 Å². The number of allylic oxidation sites excluding steroid dienone is 1. The molecule has 6 nitrogen and oxygen atoms in total. The third kappa shape index (κ3) is 2.50. The predicted molar refractivity (Wildman–Crippen MR) is 54.0 cm³/mol. The Morgan fingerprint density at radius 2 is 1.75 bits per heavy atom. The van der Waals surface area contributed by atoms with E-state index in [0.29, 0.717) is 10.7 Å². The van der Waals surface area contributed by atoms with E-state index in [0.717, 1.165) is 0 Å². The van der Waals surface area contributed by atoms with Crippen molar-refractivity contribution in [1.29, 1.82) is 0 Å². The largest absolute Gasteiger partial charge is 0.368 e.